The van der Waals surface area contributed by atoms with Gasteiger partial charge in [0.15, 0.2) is 0 Å². The zero-order valence-electron chi connectivity index (χ0n) is 10.9. The maximum atomic E-state index is 9.07. The molecule has 1 aromatic carbocycles. The van der Waals surface area contributed by atoms with Crippen LogP contribution in [0.5, 0.6) is 5.75 Å². The lowest BCUT2D eigenvalue weighted by Gasteiger charge is -2.35. The lowest BCUT2D eigenvalue weighted by Crippen LogP contribution is -2.48. The predicted octanol–water partition coefficient (Wildman–Crippen LogP) is 1.29. The number of nitriles is 1. The van der Waals surface area contributed by atoms with Crippen LogP contribution in [0.3, 0.4) is 0 Å². The molecule has 0 aromatic heterocycles. The molecule has 2 aliphatic heterocycles. The molecule has 3 rings (SSSR count). The van der Waals surface area contributed by atoms with Gasteiger partial charge in [0, 0.05) is 13.0 Å². The second-order valence-corrected chi connectivity index (χ2v) is 5.35. The molecule has 0 bridgehead atoms. The largest absolute Gasteiger partial charge is 0.493 e. The summed E-state index contributed by atoms with van der Waals surface area (Å²) < 4.78 is 10.6. The fourth-order valence-corrected chi connectivity index (χ4v) is 2.51. The number of ether oxygens (including phenoxy) is 2. The Morgan fingerprint density at radius 1 is 1.37 bits per heavy atom. The van der Waals surface area contributed by atoms with Crippen molar-refractivity contribution in [1.82, 2.24) is 5.32 Å². The Labute approximate surface area is 113 Å². The van der Waals surface area contributed by atoms with Crippen LogP contribution in [0.25, 0.3) is 0 Å². The minimum absolute atomic E-state index is 0.286. The van der Waals surface area contributed by atoms with Crippen LogP contribution in [-0.2, 0) is 17.6 Å². The molecule has 2 aliphatic rings. The maximum Gasteiger partial charge on any atom is 0.122 e. The van der Waals surface area contributed by atoms with Crippen LogP contribution in [0.2, 0.25) is 0 Å². The molecule has 4 heteroatoms. The van der Waals surface area contributed by atoms with Gasteiger partial charge in [0.25, 0.3) is 0 Å². The van der Waals surface area contributed by atoms with Gasteiger partial charge < -0.3 is 14.8 Å². The molecule has 1 fully saturated rings. The van der Waals surface area contributed by atoms with Crippen LogP contribution >= 0.6 is 0 Å². The first kappa shape index (κ1) is 12.5. The molecule has 0 spiro atoms. The maximum absolute atomic E-state index is 9.07. The number of fused-ring (bicyclic) bond motifs is 1. The highest BCUT2D eigenvalue weighted by Crippen LogP contribution is 2.26. The predicted molar refractivity (Wildman–Crippen MR) is 71.1 cm³/mol. The van der Waals surface area contributed by atoms with Crippen LogP contribution in [0.4, 0.5) is 0 Å². The van der Waals surface area contributed by atoms with E-state index in [0.29, 0.717) is 13.2 Å². The van der Waals surface area contributed by atoms with E-state index in [1.54, 1.807) is 0 Å². The van der Waals surface area contributed by atoms with E-state index in [0.717, 1.165) is 38.3 Å². The van der Waals surface area contributed by atoms with Gasteiger partial charge >= 0.3 is 0 Å². The molecule has 4 nitrogen and oxygen atoms in total. The third-order valence-corrected chi connectivity index (χ3v) is 3.80. The molecule has 1 saturated heterocycles. The molecular weight excluding hydrogens is 240 g/mol. The first-order valence-electron chi connectivity index (χ1n) is 6.76. The first-order chi connectivity index (χ1) is 9.31. The van der Waals surface area contributed by atoms with Crippen molar-refractivity contribution in [3.8, 4) is 11.8 Å². The average molecular weight is 258 g/mol. The number of nitrogens with one attached hydrogen (secondary N) is 1. The summed E-state index contributed by atoms with van der Waals surface area (Å²) in [5.74, 6) is 1.03. The molecule has 2 heterocycles. The Morgan fingerprint density at radius 3 is 3.00 bits per heavy atom. The topological polar surface area (TPSA) is 54.3 Å². The molecule has 1 aromatic rings. The highest BCUT2D eigenvalue weighted by atomic mass is 16.5. The average Bonchev–Trinajstić information content (AvgIpc) is 2.84. The summed E-state index contributed by atoms with van der Waals surface area (Å²) in [6, 6.07) is 8.76. The van der Waals surface area contributed by atoms with Gasteiger partial charge in [-0.1, -0.05) is 12.1 Å². The minimum atomic E-state index is -0.286. The van der Waals surface area contributed by atoms with E-state index in [-0.39, 0.29) is 5.41 Å². The van der Waals surface area contributed by atoms with Crippen LogP contribution in [0.15, 0.2) is 18.2 Å². The zero-order valence-corrected chi connectivity index (χ0v) is 10.9. The summed E-state index contributed by atoms with van der Waals surface area (Å²) >= 11 is 0. The molecule has 100 valence electrons. The monoisotopic (exact) mass is 258 g/mol. The van der Waals surface area contributed by atoms with E-state index >= 15 is 0 Å². The zero-order chi connectivity index (χ0) is 13.1. The van der Waals surface area contributed by atoms with Crippen molar-refractivity contribution in [3.63, 3.8) is 0 Å². The van der Waals surface area contributed by atoms with E-state index in [2.05, 4.69) is 29.6 Å². The van der Waals surface area contributed by atoms with E-state index in [1.165, 1.54) is 11.1 Å². The summed E-state index contributed by atoms with van der Waals surface area (Å²) in [4.78, 5) is 0. The summed E-state index contributed by atoms with van der Waals surface area (Å²) in [7, 11) is 0. The number of benzene rings is 1. The fraction of sp³-hybridized carbons (Fsp3) is 0.533. The quantitative estimate of drug-likeness (QED) is 0.809. The lowest BCUT2D eigenvalue weighted by molar-refractivity contribution is -0.0752. The van der Waals surface area contributed by atoms with Gasteiger partial charge in [0.2, 0.25) is 0 Å². The van der Waals surface area contributed by atoms with Gasteiger partial charge in [-0.2, -0.15) is 5.26 Å². The van der Waals surface area contributed by atoms with Crippen molar-refractivity contribution >= 4 is 0 Å². The number of hydrogen-bond acceptors (Lipinski definition) is 4. The smallest absolute Gasteiger partial charge is 0.122 e. The van der Waals surface area contributed by atoms with Crippen molar-refractivity contribution in [1.29, 1.82) is 5.26 Å². The number of nitrogens with zero attached hydrogens (tertiary/aromatic N) is 1. The van der Waals surface area contributed by atoms with Crippen molar-refractivity contribution in [2.75, 3.05) is 32.9 Å². The molecule has 0 atom stereocenters. The third-order valence-electron chi connectivity index (χ3n) is 3.80. The number of rotatable bonds is 5. The van der Waals surface area contributed by atoms with Crippen molar-refractivity contribution in [3.05, 3.63) is 29.3 Å². The standard InChI is InChI=1S/C15H18N2O2/c16-8-15(10-18-11-15)9-17-5-3-12-1-2-14-13(7-12)4-6-19-14/h1-2,7,17H,3-6,9-11H2. The normalized spacial score (nSPS) is 19.1. The van der Waals surface area contributed by atoms with Crippen LogP contribution < -0.4 is 10.1 Å². The minimum Gasteiger partial charge on any atom is -0.493 e. The number of hydrogen-bond donors (Lipinski definition) is 1. The fourth-order valence-electron chi connectivity index (χ4n) is 2.51. The Bertz CT molecular complexity index is 503. The van der Waals surface area contributed by atoms with Crippen LogP contribution in [0.1, 0.15) is 11.1 Å². The molecule has 0 amide bonds. The third kappa shape index (κ3) is 2.58. The summed E-state index contributed by atoms with van der Waals surface area (Å²) in [6.07, 6.45) is 2.00. The molecule has 0 unspecified atom stereocenters. The van der Waals surface area contributed by atoms with Crippen molar-refractivity contribution in [2.45, 2.75) is 12.8 Å². The van der Waals surface area contributed by atoms with Gasteiger partial charge in [-0.3, -0.25) is 0 Å². The van der Waals surface area contributed by atoms with Gasteiger partial charge in [-0.25, -0.2) is 0 Å². The summed E-state index contributed by atoms with van der Waals surface area (Å²) in [5, 5.41) is 12.4. The Hall–Kier alpha value is -1.57. The van der Waals surface area contributed by atoms with Gasteiger partial charge in [0.1, 0.15) is 11.2 Å². The Kier molecular flexibility index (Phi) is 3.41. The van der Waals surface area contributed by atoms with Crippen LogP contribution in [0, 0.1) is 16.7 Å². The van der Waals surface area contributed by atoms with Gasteiger partial charge in [-0.05, 0) is 30.2 Å². The molecular formula is C15H18N2O2. The van der Waals surface area contributed by atoms with E-state index < -0.39 is 0 Å². The molecule has 0 saturated carbocycles. The summed E-state index contributed by atoms with van der Waals surface area (Å²) in [6.45, 7) is 3.54. The molecule has 0 aliphatic carbocycles. The van der Waals surface area contributed by atoms with Crippen molar-refractivity contribution < 1.29 is 9.47 Å². The Balaban J connectivity index is 1.46. The first-order valence-corrected chi connectivity index (χ1v) is 6.76. The molecule has 19 heavy (non-hydrogen) atoms. The van der Waals surface area contributed by atoms with Gasteiger partial charge in [-0.15, -0.1) is 0 Å². The second-order valence-electron chi connectivity index (χ2n) is 5.35. The second kappa shape index (κ2) is 5.20. The molecule has 1 N–H and O–H groups in total. The van der Waals surface area contributed by atoms with Gasteiger partial charge in [0.05, 0.1) is 25.9 Å². The lowest BCUT2D eigenvalue weighted by atomic mass is 9.88. The highest BCUT2D eigenvalue weighted by molar-refractivity contribution is 5.39. The van der Waals surface area contributed by atoms with Crippen LogP contribution in [-0.4, -0.2) is 32.9 Å². The molecule has 0 radical (unpaired) electrons. The van der Waals surface area contributed by atoms with E-state index in [9.17, 15) is 0 Å². The van der Waals surface area contributed by atoms with E-state index in [4.69, 9.17) is 14.7 Å². The van der Waals surface area contributed by atoms with E-state index in [1.807, 2.05) is 0 Å². The Morgan fingerprint density at radius 2 is 2.26 bits per heavy atom. The SMILES string of the molecule is N#CC1(CNCCc2ccc3c(c2)CCO3)COC1. The summed E-state index contributed by atoms with van der Waals surface area (Å²) in [5.41, 5.74) is 2.36. The van der Waals surface area contributed by atoms with Crippen molar-refractivity contribution in [2.24, 2.45) is 5.41 Å². The highest BCUT2D eigenvalue weighted by Gasteiger charge is 2.38.